The van der Waals surface area contributed by atoms with E-state index < -0.39 is 0 Å². The SMILES string of the molecule is O=C(NCCc1ccc(Cl)cc1)c1ccc(NCCc2ccccc2)nn1. The van der Waals surface area contributed by atoms with Gasteiger partial charge in [0.05, 0.1) is 0 Å². The molecule has 2 N–H and O–H groups in total. The molecule has 1 amide bonds. The van der Waals surface area contributed by atoms with Gasteiger partial charge in [-0.15, -0.1) is 10.2 Å². The van der Waals surface area contributed by atoms with Gasteiger partial charge in [-0.1, -0.05) is 54.1 Å². The maximum Gasteiger partial charge on any atom is 0.271 e. The Kier molecular flexibility index (Phi) is 6.77. The van der Waals surface area contributed by atoms with Crippen LogP contribution >= 0.6 is 11.6 Å². The highest BCUT2D eigenvalue weighted by atomic mass is 35.5. The highest BCUT2D eigenvalue weighted by Crippen LogP contribution is 2.09. The van der Waals surface area contributed by atoms with Crippen molar-refractivity contribution in [3.63, 3.8) is 0 Å². The van der Waals surface area contributed by atoms with Crippen LogP contribution in [0.25, 0.3) is 0 Å². The second-order valence-corrected chi connectivity index (χ2v) is 6.53. The Morgan fingerprint density at radius 2 is 1.52 bits per heavy atom. The van der Waals surface area contributed by atoms with Crippen LogP contribution in [0.2, 0.25) is 5.02 Å². The van der Waals surface area contributed by atoms with Crippen molar-refractivity contribution in [3.8, 4) is 0 Å². The first kappa shape index (κ1) is 18.9. The molecule has 1 aromatic heterocycles. The molecule has 0 spiro atoms. The maximum atomic E-state index is 12.1. The van der Waals surface area contributed by atoms with Gasteiger partial charge in [0.1, 0.15) is 5.82 Å². The molecule has 6 heteroatoms. The van der Waals surface area contributed by atoms with E-state index in [0.29, 0.717) is 23.1 Å². The number of nitrogens with one attached hydrogen (secondary N) is 2. The predicted octanol–water partition coefficient (Wildman–Crippen LogP) is 3.76. The number of rotatable bonds is 8. The van der Waals surface area contributed by atoms with E-state index >= 15 is 0 Å². The number of anilines is 1. The number of benzene rings is 2. The first-order valence-corrected chi connectivity index (χ1v) is 9.23. The Bertz CT molecular complexity index is 852. The van der Waals surface area contributed by atoms with E-state index in [0.717, 1.165) is 24.9 Å². The summed E-state index contributed by atoms with van der Waals surface area (Å²) in [4.78, 5) is 12.1. The van der Waals surface area contributed by atoms with Crippen LogP contribution in [-0.2, 0) is 12.8 Å². The first-order valence-electron chi connectivity index (χ1n) is 8.85. The third kappa shape index (κ3) is 6.08. The zero-order valence-electron chi connectivity index (χ0n) is 14.9. The fourth-order valence-corrected chi connectivity index (χ4v) is 2.72. The number of nitrogens with zero attached hydrogens (tertiary/aromatic N) is 2. The second kappa shape index (κ2) is 9.69. The topological polar surface area (TPSA) is 66.9 Å². The van der Waals surface area contributed by atoms with Gasteiger partial charge in [0.25, 0.3) is 5.91 Å². The predicted molar refractivity (Wildman–Crippen MR) is 108 cm³/mol. The molecule has 5 nitrogen and oxygen atoms in total. The molecule has 0 aliphatic carbocycles. The number of carbonyl (C=O) groups is 1. The number of carbonyl (C=O) groups excluding carboxylic acids is 1. The van der Waals surface area contributed by atoms with Gasteiger partial charge in [-0.3, -0.25) is 4.79 Å². The average Bonchev–Trinajstić information content (AvgIpc) is 2.71. The highest BCUT2D eigenvalue weighted by molar-refractivity contribution is 6.30. The first-order chi connectivity index (χ1) is 13.2. The molecule has 0 aliphatic rings. The molecule has 3 aromatic rings. The minimum absolute atomic E-state index is 0.229. The van der Waals surface area contributed by atoms with Crippen LogP contribution < -0.4 is 10.6 Å². The Hall–Kier alpha value is -2.92. The van der Waals surface area contributed by atoms with Crippen LogP contribution in [-0.4, -0.2) is 29.2 Å². The largest absolute Gasteiger partial charge is 0.368 e. The van der Waals surface area contributed by atoms with Crippen molar-refractivity contribution < 1.29 is 4.79 Å². The van der Waals surface area contributed by atoms with Gasteiger partial charge in [0.15, 0.2) is 5.69 Å². The van der Waals surface area contributed by atoms with Crippen LogP contribution in [0.15, 0.2) is 66.7 Å². The molecule has 27 heavy (non-hydrogen) atoms. The molecule has 1 heterocycles. The van der Waals surface area contributed by atoms with E-state index in [2.05, 4.69) is 33.0 Å². The number of hydrogen-bond donors (Lipinski definition) is 2. The summed E-state index contributed by atoms with van der Waals surface area (Å²) in [5.41, 5.74) is 2.68. The quantitative estimate of drug-likeness (QED) is 0.624. The zero-order valence-corrected chi connectivity index (χ0v) is 15.6. The summed E-state index contributed by atoms with van der Waals surface area (Å²) in [5.74, 6) is 0.427. The molecule has 0 saturated heterocycles. The van der Waals surface area contributed by atoms with Gasteiger partial charge >= 0.3 is 0 Å². The molecule has 3 rings (SSSR count). The van der Waals surface area contributed by atoms with Crippen LogP contribution in [0.5, 0.6) is 0 Å². The fraction of sp³-hybridized carbons (Fsp3) is 0.190. The molecule has 0 aliphatic heterocycles. The molecule has 2 aromatic carbocycles. The lowest BCUT2D eigenvalue weighted by Crippen LogP contribution is -2.26. The summed E-state index contributed by atoms with van der Waals surface area (Å²) < 4.78 is 0. The van der Waals surface area contributed by atoms with Crippen molar-refractivity contribution in [2.45, 2.75) is 12.8 Å². The molecule has 138 valence electrons. The van der Waals surface area contributed by atoms with Crippen LogP contribution in [0, 0.1) is 0 Å². The number of hydrogen-bond acceptors (Lipinski definition) is 4. The Labute approximate surface area is 163 Å². The van der Waals surface area contributed by atoms with Crippen LogP contribution in [0.3, 0.4) is 0 Å². The molecular weight excluding hydrogens is 360 g/mol. The van der Waals surface area contributed by atoms with E-state index in [1.165, 1.54) is 5.56 Å². The standard InChI is InChI=1S/C21H21ClN4O/c22-18-8-6-17(7-9-18)13-15-24-21(27)19-10-11-20(26-25-19)23-14-12-16-4-2-1-3-5-16/h1-11H,12-15H2,(H,23,26)(H,24,27). The molecule has 0 radical (unpaired) electrons. The second-order valence-electron chi connectivity index (χ2n) is 6.10. The lowest BCUT2D eigenvalue weighted by Gasteiger charge is -2.07. The van der Waals surface area contributed by atoms with Crippen molar-refractivity contribution >= 4 is 23.3 Å². The molecule has 0 saturated carbocycles. The average molecular weight is 381 g/mol. The minimum Gasteiger partial charge on any atom is -0.368 e. The van der Waals surface area contributed by atoms with E-state index in [9.17, 15) is 4.79 Å². The van der Waals surface area contributed by atoms with E-state index in [4.69, 9.17) is 11.6 Å². The summed E-state index contributed by atoms with van der Waals surface area (Å²) in [5, 5.41) is 14.8. The van der Waals surface area contributed by atoms with Crippen molar-refractivity contribution in [2.75, 3.05) is 18.4 Å². The van der Waals surface area contributed by atoms with Crippen molar-refractivity contribution in [2.24, 2.45) is 0 Å². The monoisotopic (exact) mass is 380 g/mol. The maximum absolute atomic E-state index is 12.1. The minimum atomic E-state index is -0.229. The number of amides is 1. The number of aromatic nitrogens is 2. The summed E-state index contributed by atoms with van der Waals surface area (Å²) in [6.45, 7) is 1.28. The molecule has 0 unspecified atom stereocenters. The summed E-state index contributed by atoms with van der Waals surface area (Å²) >= 11 is 5.86. The molecule has 0 fully saturated rings. The summed E-state index contributed by atoms with van der Waals surface area (Å²) in [6, 6.07) is 21.2. The molecule has 0 bridgehead atoms. The molecular formula is C21H21ClN4O. The van der Waals surface area contributed by atoms with E-state index in [1.807, 2.05) is 42.5 Å². The van der Waals surface area contributed by atoms with Gasteiger partial charge in [-0.2, -0.15) is 0 Å². The lowest BCUT2D eigenvalue weighted by molar-refractivity contribution is 0.0948. The smallest absolute Gasteiger partial charge is 0.271 e. The fourth-order valence-electron chi connectivity index (χ4n) is 2.59. The van der Waals surface area contributed by atoms with Gasteiger partial charge in [-0.25, -0.2) is 0 Å². The summed E-state index contributed by atoms with van der Waals surface area (Å²) in [7, 11) is 0. The number of halogens is 1. The normalized spacial score (nSPS) is 10.4. The third-order valence-electron chi connectivity index (χ3n) is 4.07. The van der Waals surface area contributed by atoms with Gasteiger partial charge in [-0.05, 0) is 48.2 Å². The van der Waals surface area contributed by atoms with Crippen molar-refractivity contribution in [1.29, 1.82) is 0 Å². The third-order valence-corrected chi connectivity index (χ3v) is 4.32. The Morgan fingerprint density at radius 1 is 0.815 bits per heavy atom. The van der Waals surface area contributed by atoms with Crippen LogP contribution in [0.4, 0.5) is 5.82 Å². The van der Waals surface area contributed by atoms with Gasteiger partial charge in [0, 0.05) is 18.1 Å². The molecule has 0 atom stereocenters. The summed E-state index contributed by atoms with van der Waals surface area (Å²) in [6.07, 6.45) is 1.63. The van der Waals surface area contributed by atoms with Crippen LogP contribution in [0.1, 0.15) is 21.6 Å². The Balaban J connectivity index is 1.42. The van der Waals surface area contributed by atoms with E-state index in [1.54, 1.807) is 12.1 Å². The van der Waals surface area contributed by atoms with Gasteiger partial charge < -0.3 is 10.6 Å². The van der Waals surface area contributed by atoms with Crippen molar-refractivity contribution in [3.05, 3.63) is 88.6 Å². The van der Waals surface area contributed by atoms with E-state index in [-0.39, 0.29) is 5.91 Å². The van der Waals surface area contributed by atoms with Gasteiger partial charge in [0.2, 0.25) is 0 Å². The lowest BCUT2D eigenvalue weighted by atomic mass is 10.1. The highest BCUT2D eigenvalue weighted by Gasteiger charge is 2.07. The Morgan fingerprint density at radius 3 is 2.22 bits per heavy atom. The van der Waals surface area contributed by atoms with Crippen molar-refractivity contribution in [1.82, 2.24) is 15.5 Å². The zero-order chi connectivity index (χ0) is 18.9.